The lowest BCUT2D eigenvalue weighted by Gasteiger charge is -2.11. The van der Waals surface area contributed by atoms with Gasteiger partial charge < -0.3 is 19.2 Å². The molecule has 0 fully saturated rings. The van der Waals surface area contributed by atoms with Crippen molar-refractivity contribution in [1.82, 2.24) is 0 Å². The topological polar surface area (TPSA) is 77.8 Å². The van der Waals surface area contributed by atoms with Crippen LogP contribution in [0.25, 0.3) is 22.1 Å². The van der Waals surface area contributed by atoms with E-state index in [0.717, 1.165) is 23.2 Å². The zero-order chi connectivity index (χ0) is 23.4. The summed E-state index contributed by atoms with van der Waals surface area (Å²) in [5, 5.41) is 3.32. The highest BCUT2D eigenvalue weighted by atomic mass is 16.5. The van der Waals surface area contributed by atoms with E-state index in [1.54, 1.807) is 44.4 Å². The number of benzene rings is 3. The van der Waals surface area contributed by atoms with E-state index in [9.17, 15) is 9.59 Å². The Morgan fingerprint density at radius 2 is 1.73 bits per heavy atom. The van der Waals surface area contributed by atoms with Crippen LogP contribution in [0.1, 0.15) is 18.2 Å². The summed E-state index contributed by atoms with van der Waals surface area (Å²) in [6.07, 6.45) is 0.818. The Morgan fingerprint density at radius 3 is 2.45 bits per heavy atom. The van der Waals surface area contributed by atoms with Gasteiger partial charge in [-0.25, -0.2) is 0 Å². The molecule has 6 nitrogen and oxygen atoms in total. The van der Waals surface area contributed by atoms with Crippen molar-refractivity contribution in [3.8, 4) is 22.6 Å². The minimum atomic E-state index is -0.261. The number of para-hydroxylation sites is 1. The van der Waals surface area contributed by atoms with Crippen LogP contribution in [0, 0.1) is 6.92 Å². The van der Waals surface area contributed by atoms with Crippen LogP contribution in [-0.4, -0.2) is 19.6 Å². The number of carbonyl (C=O) groups excluding carboxylic acids is 1. The number of anilines is 1. The number of methoxy groups -OCH3 is 1. The summed E-state index contributed by atoms with van der Waals surface area (Å²) in [6.45, 7) is 3.63. The molecule has 1 N–H and O–H groups in total. The van der Waals surface area contributed by atoms with Crippen molar-refractivity contribution in [2.75, 3.05) is 19.0 Å². The molecule has 0 unspecified atom stereocenters. The molecule has 1 amide bonds. The summed E-state index contributed by atoms with van der Waals surface area (Å²) in [5.41, 5.74) is 3.38. The molecule has 1 aromatic heterocycles. The fourth-order valence-corrected chi connectivity index (χ4v) is 3.75. The van der Waals surface area contributed by atoms with E-state index in [-0.39, 0.29) is 17.9 Å². The number of nitrogens with one attached hydrogen (secondary N) is 1. The zero-order valence-electron chi connectivity index (χ0n) is 18.8. The summed E-state index contributed by atoms with van der Waals surface area (Å²) in [7, 11) is 1.60. The summed E-state index contributed by atoms with van der Waals surface area (Å²) < 4.78 is 16.8. The van der Waals surface area contributed by atoms with E-state index >= 15 is 0 Å². The van der Waals surface area contributed by atoms with Crippen molar-refractivity contribution in [3.05, 3.63) is 88.3 Å². The molecule has 4 rings (SSSR count). The van der Waals surface area contributed by atoms with Gasteiger partial charge in [-0.1, -0.05) is 37.3 Å². The third-order valence-corrected chi connectivity index (χ3v) is 5.46. The predicted octanol–water partition coefficient (Wildman–Crippen LogP) is 5.36. The fourth-order valence-electron chi connectivity index (χ4n) is 3.75. The van der Waals surface area contributed by atoms with Gasteiger partial charge in [0.25, 0.3) is 5.91 Å². The number of rotatable bonds is 7. The number of fused-ring (bicyclic) bond motifs is 1. The van der Waals surface area contributed by atoms with Crippen LogP contribution in [0.3, 0.4) is 0 Å². The van der Waals surface area contributed by atoms with Gasteiger partial charge in [0.1, 0.15) is 22.8 Å². The molecule has 33 heavy (non-hydrogen) atoms. The van der Waals surface area contributed by atoms with Crippen molar-refractivity contribution in [1.29, 1.82) is 0 Å². The number of amides is 1. The third-order valence-electron chi connectivity index (χ3n) is 5.46. The standard InChI is InChI=1S/C27H25NO5/c1-4-18-7-5-6-8-23(18)28-25(29)16-32-21-13-14-22-24(15-21)33-17(2)26(27(22)30)19-9-11-20(31-3)12-10-19/h5-15H,4,16H2,1-3H3,(H,28,29). The quantitative estimate of drug-likeness (QED) is 0.416. The van der Waals surface area contributed by atoms with Crippen molar-refractivity contribution in [3.63, 3.8) is 0 Å². The molecule has 0 aliphatic carbocycles. The van der Waals surface area contributed by atoms with Crippen LogP contribution >= 0.6 is 0 Å². The molecule has 1 heterocycles. The molecule has 0 bridgehead atoms. The van der Waals surface area contributed by atoms with E-state index in [0.29, 0.717) is 33.8 Å². The van der Waals surface area contributed by atoms with Gasteiger partial charge in [0.05, 0.1) is 18.1 Å². The van der Waals surface area contributed by atoms with Crippen molar-refractivity contribution >= 4 is 22.6 Å². The maximum atomic E-state index is 13.1. The lowest BCUT2D eigenvalue weighted by atomic mass is 10.0. The molecule has 4 aromatic rings. The van der Waals surface area contributed by atoms with Crippen LogP contribution in [0.4, 0.5) is 5.69 Å². The van der Waals surface area contributed by atoms with Gasteiger partial charge in [-0.2, -0.15) is 0 Å². The summed E-state index contributed by atoms with van der Waals surface area (Å²) in [6, 6.07) is 19.9. The normalized spacial score (nSPS) is 10.8. The monoisotopic (exact) mass is 443 g/mol. The van der Waals surface area contributed by atoms with Crippen LogP contribution in [0.15, 0.2) is 75.9 Å². The van der Waals surface area contributed by atoms with Gasteiger partial charge >= 0.3 is 0 Å². The Morgan fingerprint density at radius 1 is 1.00 bits per heavy atom. The van der Waals surface area contributed by atoms with Gasteiger partial charge in [-0.3, -0.25) is 9.59 Å². The highest BCUT2D eigenvalue weighted by molar-refractivity contribution is 5.92. The minimum Gasteiger partial charge on any atom is -0.497 e. The van der Waals surface area contributed by atoms with Crippen molar-refractivity contribution in [2.24, 2.45) is 0 Å². The number of carbonyl (C=O) groups is 1. The molecule has 0 atom stereocenters. The zero-order valence-corrected chi connectivity index (χ0v) is 18.8. The van der Waals surface area contributed by atoms with E-state index in [4.69, 9.17) is 13.9 Å². The molecule has 0 aliphatic heterocycles. The first-order chi connectivity index (χ1) is 16.0. The second kappa shape index (κ2) is 9.61. The average Bonchev–Trinajstić information content (AvgIpc) is 2.83. The largest absolute Gasteiger partial charge is 0.497 e. The molecular formula is C27H25NO5. The van der Waals surface area contributed by atoms with E-state index in [2.05, 4.69) is 5.32 Å². The molecule has 0 aliphatic rings. The summed E-state index contributed by atoms with van der Waals surface area (Å²) >= 11 is 0. The Kier molecular flexibility index (Phi) is 6.45. The lowest BCUT2D eigenvalue weighted by molar-refractivity contribution is -0.118. The predicted molar refractivity (Wildman–Crippen MR) is 129 cm³/mol. The molecule has 3 aromatic carbocycles. The lowest BCUT2D eigenvalue weighted by Crippen LogP contribution is -2.20. The summed E-state index contributed by atoms with van der Waals surface area (Å²) in [5.74, 6) is 1.40. The maximum Gasteiger partial charge on any atom is 0.262 e. The Labute approximate surface area is 191 Å². The number of aryl methyl sites for hydroxylation is 2. The second-order valence-corrected chi connectivity index (χ2v) is 7.60. The van der Waals surface area contributed by atoms with Crippen molar-refractivity contribution in [2.45, 2.75) is 20.3 Å². The Balaban J connectivity index is 1.53. The molecule has 0 saturated carbocycles. The first kappa shape index (κ1) is 22.1. The van der Waals surface area contributed by atoms with Gasteiger partial charge in [0.2, 0.25) is 5.43 Å². The number of ether oxygens (including phenoxy) is 2. The average molecular weight is 443 g/mol. The highest BCUT2D eigenvalue weighted by Crippen LogP contribution is 2.27. The van der Waals surface area contributed by atoms with Crippen molar-refractivity contribution < 1.29 is 18.7 Å². The van der Waals surface area contributed by atoms with E-state index in [1.165, 1.54) is 0 Å². The third kappa shape index (κ3) is 4.75. The van der Waals surface area contributed by atoms with Crippen LogP contribution in [0.2, 0.25) is 0 Å². The van der Waals surface area contributed by atoms with Crippen LogP contribution in [0.5, 0.6) is 11.5 Å². The molecule has 168 valence electrons. The SMILES string of the molecule is CCc1ccccc1NC(=O)COc1ccc2c(=O)c(-c3ccc(OC)cc3)c(C)oc2c1. The van der Waals surface area contributed by atoms with Crippen LogP contribution in [-0.2, 0) is 11.2 Å². The maximum absolute atomic E-state index is 13.1. The first-order valence-electron chi connectivity index (χ1n) is 10.7. The van der Waals surface area contributed by atoms with Crippen LogP contribution < -0.4 is 20.2 Å². The molecule has 0 spiro atoms. The Hall–Kier alpha value is -4.06. The summed E-state index contributed by atoms with van der Waals surface area (Å²) in [4.78, 5) is 25.5. The fraction of sp³-hybridized carbons (Fsp3) is 0.185. The number of hydrogen-bond donors (Lipinski definition) is 1. The second-order valence-electron chi connectivity index (χ2n) is 7.60. The number of hydrogen-bond acceptors (Lipinski definition) is 5. The molecule has 0 saturated heterocycles. The van der Waals surface area contributed by atoms with E-state index in [1.807, 2.05) is 43.3 Å². The van der Waals surface area contributed by atoms with E-state index < -0.39 is 0 Å². The van der Waals surface area contributed by atoms with Gasteiger partial charge in [0, 0.05) is 11.8 Å². The Bertz CT molecular complexity index is 1360. The van der Waals surface area contributed by atoms with Gasteiger partial charge in [-0.15, -0.1) is 0 Å². The molecule has 0 radical (unpaired) electrons. The minimum absolute atomic E-state index is 0.126. The van der Waals surface area contributed by atoms with Gasteiger partial charge in [-0.05, 0) is 54.8 Å². The van der Waals surface area contributed by atoms with Gasteiger partial charge in [0.15, 0.2) is 6.61 Å². The molecule has 6 heteroatoms. The molecular weight excluding hydrogens is 418 g/mol. The smallest absolute Gasteiger partial charge is 0.262 e. The first-order valence-corrected chi connectivity index (χ1v) is 10.7. The highest BCUT2D eigenvalue weighted by Gasteiger charge is 2.15.